The summed E-state index contributed by atoms with van der Waals surface area (Å²) in [5.74, 6) is 3.66. The van der Waals surface area contributed by atoms with Gasteiger partial charge in [-0.05, 0) is 18.6 Å². The Bertz CT molecular complexity index is 446. The fourth-order valence-corrected chi connectivity index (χ4v) is 3.87. The Morgan fingerprint density at radius 1 is 1.35 bits per heavy atom. The van der Waals surface area contributed by atoms with Crippen molar-refractivity contribution >= 4 is 11.8 Å². The maximum atomic E-state index is 5.97. The van der Waals surface area contributed by atoms with Crippen LogP contribution in [0.4, 0.5) is 0 Å². The maximum absolute atomic E-state index is 5.97. The highest BCUT2D eigenvalue weighted by Gasteiger charge is 2.22. The van der Waals surface area contributed by atoms with Crippen molar-refractivity contribution in [2.75, 3.05) is 44.2 Å². The number of nitrogens with zero attached hydrogens (tertiary/aromatic N) is 1. The number of thioether (sulfide) groups is 1. The summed E-state index contributed by atoms with van der Waals surface area (Å²) in [4.78, 5) is 2.55. The first-order valence-corrected chi connectivity index (χ1v) is 8.74. The van der Waals surface area contributed by atoms with E-state index in [0.717, 1.165) is 25.3 Å². The molecule has 0 spiro atoms. The molecule has 0 amide bonds. The van der Waals surface area contributed by atoms with Crippen LogP contribution in [0.1, 0.15) is 11.1 Å². The molecule has 1 aromatic rings. The van der Waals surface area contributed by atoms with Gasteiger partial charge in [-0.2, -0.15) is 11.8 Å². The minimum atomic E-state index is 0.309. The van der Waals surface area contributed by atoms with E-state index in [1.807, 2.05) is 0 Å². The van der Waals surface area contributed by atoms with Gasteiger partial charge in [-0.3, -0.25) is 0 Å². The van der Waals surface area contributed by atoms with Crippen LogP contribution in [0.5, 0.6) is 5.75 Å². The Morgan fingerprint density at radius 3 is 3.05 bits per heavy atom. The second-order valence-electron chi connectivity index (χ2n) is 5.71. The maximum Gasteiger partial charge on any atom is 0.123 e. The van der Waals surface area contributed by atoms with Crippen molar-refractivity contribution in [3.05, 3.63) is 29.3 Å². The van der Waals surface area contributed by atoms with Crippen molar-refractivity contribution in [3.63, 3.8) is 0 Å². The third-order valence-corrected chi connectivity index (χ3v) is 4.98. The Kier molecular flexibility index (Phi) is 4.86. The molecule has 1 aromatic carbocycles. The molecule has 2 aliphatic heterocycles. The minimum absolute atomic E-state index is 0.309. The highest BCUT2D eigenvalue weighted by Crippen LogP contribution is 2.29. The number of benzene rings is 1. The van der Waals surface area contributed by atoms with Gasteiger partial charge in [-0.25, -0.2) is 0 Å². The topological polar surface area (TPSA) is 24.5 Å². The van der Waals surface area contributed by atoms with Crippen LogP contribution in [0.2, 0.25) is 0 Å². The average molecular weight is 292 g/mol. The molecule has 0 aliphatic carbocycles. The van der Waals surface area contributed by atoms with Crippen LogP contribution < -0.4 is 10.1 Å². The molecule has 0 bridgehead atoms. The van der Waals surface area contributed by atoms with Gasteiger partial charge in [0.2, 0.25) is 0 Å². The summed E-state index contributed by atoms with van der Waals surface area (Å²) in [5.41, 5.74) is 2.69. The lowest BCUT2D eigenvalue weighted by atomic mass is 10.1. The number of fused-ring (bicyclic) bond motifs is 1. The van der Waals surface area contributed by atoms with Gasteiger partial charge in [0.05, 0.1) is 0 Å². The first kappa shape index (κ1) is 14.2. The van der Waals surface area contributed by atoms with Crippen LogP contribution in [0.25, 0.3) is 0 Å². The van der Waals surface area contributed by atoms with Gasteiger partial charge in [-0.1, -0.05) is 17.7 Å². The molecule has 0 saturated carbocycles. The highest BCUT2D eigenvalue weighted by molar-refractivity contribution is 7.99. The van der Waals surface area contributed by atoms with Gasteiger partial charge in [0.15, 0.2) is 0 Å². The van der Waals surface area contributed by atoms with Gasteiger partial charge < -0.3 is 15.0 Å². The van der Waals surface area contributed by atoms with Gasteiger partial charge in [-0.15, -0.1) is 0 Å². The van der Waals surface area contributed by atoms with Crippen LogP contribution in [0, 0.1) is 6.92 Å². The van der Waals surface area contributed by atoms with Crippen molar-refractivity contribution in [1.29, 1.82) is 0 Å². The predicted octanol–water partition coefficient (Wildman–Crippen LogP) is 1.94. The largest absolute Gasteiger partial charge is 0.488 e. The normalized spacial score (nSPS) is 22.6. The summed E-state index contributed by atoms with van der Waals surface area (Å²) in [7, 11) is 0. The summed E-state index contributed by atoms with van der Waals surface area (Å²) in [6, 6.07) is 6.49. The Hall–Kier alpha value is -0.710. The monoisotopic (exact) mass is 292 g/mol. The first-order chi connectivity index (χ1) is 9.81. The van der Waals surface area contributed by atoms with E-state index < -0.39 is 0 Å². The van der Waals surface area contributed by atoms with Crippen molar-refractivity contribution in [2.24, 2.45) is 0 Å². The lowest BCUT2D eigenvalue weighted by Gasteiger charge is -2.26. The van der Waals surface area contributed by atoms with Crippen molar-refractivity contribution in [3.8, 4) is 5.75 Å². The molecule has 1 saturated heterocycles. The third kappa shape index (κ3) is 3.68. The molecule has 0 radical (unpaired) electrons. The second kappa shape index (κ2) is 6.83. The summed E-state index contributed by atoms with van der Waals surface area (Å²) >= 11 is 2.07. The van der Waals surface area contributed by atoms with E-state index in [-0.39, 0.29) is 0 Å². The lowest BCUT2D eigenvalue weighted by Crippen LogP contribution is -2.40. The molecule has 20 heavy (non-hydrogen) atoms. The fourth-order valence-electron chi connectivity index (χ4n) is 2.89. The fraction of sp³-hybridized carbons (Fsp3) is 0.625. The van der Waals surface area contributed by atoms with Gasteiger partial charge >= 0.3 is 0 Å². The summed E-state index contributed by atoms with van der Waals surface area (Å²) in [6.07, 6.45) is 1.35. The van der Waals surface area contributed by atoms with E-state index in [4.69, 9.17) is 4.74 Å². The van der Waals surface area contributed by atoms with E-state index in [9.17, 15) is 0 Å². The van der Waals surface area contributed by atoms with E-state index in [0.29, 0.717) is 6.10 Å². The molecule has 1 fully saturated rings. The van der Waals surface area contributed by atoms with Crippen LogP contribution in [0.3, 0.4) is 0 Å². The second-order valence-corrected chi connectivity index (χ2v) is 6.94. The Balaban J connectivity index is 1.36. The third-order valence-electron chi connectivity index (χ3n) is 4.04. The van der Waals surface area contributed by atoms with E-state index in [2.05, 4.69) is 47.1 Å². The zero-order valence-corrected chi connectivity index (χ0v) is 13.0. The van der Waals surface area contributed by atoms with Gasteiger partial charge in [0.1, 0.15) is 11.9 Å². The Morgan fingerprint density at radius 2 is 2.20 bits per heavy atom. The predicted molar refractivity (Wildman–Crippen MR) is 85.9 cm³/mol. The molecule has 1 atom stereocenters. The minimum Gasteiger partial charge on any atom is -0.488 e. The van der Waals surface area contributed by atoms with Crippen molar-refractivity contribution in [2.45, 2.75) is 19.4 Å². The van der Waals surface area contributed by atoms with Crippen molar-refractivity contribution in [1.82, 2.24) is 10.2 Å². The molecular weight excluding hydrogens is 268 g/mol. The molecule has 0 aromatic heterocycles. The molecule has 3 nitrogen and oxygen atoms in total. The highest BCUT2D eigenvalue weighted by atomic mass is 32.2. The first-order valence-electron chi connectivity index (χ1n) is 7.58. The Labute approximate surface area is 126 Å². The number of rotatable bonds is 5. The molecule has 1 N–H and O–H groups in total. The smallest absolute Gasteiger partial charge is 0.123 e. The average Bonchev–Trinajstić information content (AvgIpc) is 2.86. The van der Waals surface area contributed by atoms with Crippen LogP contribution in [0.15, 0.2) is 18.2 Å². The number of hydrogen-bond acceptors (Lipinski definition) is 4. The lowest BCUT2D eigenvalue weighted by molar-refractivity contribution is 0.222. The van der Waals surface area contributed by atoms with E-state index in [1.165, 1.54) is 42.3 Å². The standard InChI is InChI=1S/C16H24N2OS/c1-13-2-3-16-14(10-13)11-15(19-16)12-17-4-5-18-6-8-20-9-7-18/h2-3,10,15,17H,4-9,11-12H2,1H3. The number of hydrogen-bond donors (Lipinski definition) is 1. The molecular formula is C16H24N2OS. The van der Waals surface area contributed by atoms with Gasteiger partial charge in [0, 0.05) is 50.7 Å². The zero-order valence-electron chi connectivity index (χ0n) is 12.2. The summed E-state index contributed by atoms with van der Waals surface area (Å²) in [6.45, 7) is 7.83. The molecule has 4 heteroatoms. The quantitative estimate of drug-likeness (QED) is 0.838. The number of ether oxygens (including phenoxy) is 1. The molecule has 3 rings (SSSR count). The van der Waals surface area contributed by atoms with Crippen LogP contribution in [-0.2, 0) is 6.42 Å². The zero-order chi connectivity index (χ0) is 13.8. The van der Waals surface area contributed by atoms with Crippen molar-refractivity contribution < 1.29 is 4.74 Å². The molecule has 2 aliphatic rings. The van der Waals surface area contributed by atoms with E-state index in [1.54, 1.807) is 0 Å². The summed E-state index contributed by atoms with van der Waals surface area (Å²) < 4.78 is 5.97. The molecule has 1 unspecified atom stereocenters. The molecule has 110 valence electrons. The number of aryl methyl sites for hydroxylation is 1. The van der Waals surface area contributed by atoms with Crippen LogP contribution in [-0.4, -0.2) is 55.2 Å². The molecule has 2 heterocycles. The summed E-state index contributed by atoms with van der Waals surface area (Å²) in [5, 5.41) is 3.55. The van der Waals surface area contributed by atoms with Crippen LogP contribution >= 0.6 is 11.8 Å². The SMILES string of the molecule is Cc1ccc2c(c1)CC(CNCCN1CCSCC1)O2. The van der Waals surface area contributed by atoms with Gasteiger partial charge in [0.25, 0.3) is 0 Å². The number of nitrogens with one attached hydrogen (secondary N) is 1. The van der Waals surface area contributed by atoms with E-state index >= 15 is 0 Å².